The molecule has 1 N–H and O–H groups in total. The molecule has 1 amide bonds. The zero-order valence-corrected chi connectivity index (χ0v) is 20.8. The fourth-order valence-electron chi connectivity index (χ4n) is 4.58. The first-order chi connectivity index (χ1) is 16.9. The molecule has 1 fully saturated rings. The number of anilines is 3. The van der Waals surface area contributed by atoms with Crippen molar-refractivity contribution in [3.8, 4) is 5.75 Å². The standard InChI is InChI=1S/C25H29ClFN5O3/c1-31-9-7-25(8-10-31,14-34-2)13-32(16-33)21-11-17-20(12-22(21)35-3)28-15-29-24(17)30-19-6-4-5-18(26)23(19)27/h4-6,11-12,15-16H,7-10,13-14H2,1-3H3,(H,28,29,30). The van der Waals surface area contributed by atoms with Crippen molar-refractivity contribution in [2.24, 2.45) is 5.41 Å². The van der Waals surface area contributed by atoms with Crippen LogP contribution in [0, 0.1) is 11.2 Å². The maximum absolute atomic E-state index is 14.5. The fourth-order valence-corrected chi connectivity index (χ4v) is 4.75. The summed E-state index contributed by atoms with van der Waals surface area (Å²) in [7, 11) is 5.33. The minimum atomic E-state index is -0.576. The van der Waals surface area contributed by atoms with Crippen molar-refractivity contribution >= 4 is 46.1 Å². The number of likely N-dealkylation sites (tertiary alicyclic amines) is 1. The van der Waals surface area contributed by atoms with Gasteiger partial charge >= 0.3 is 0 Å². The van der Waals surface area contributed by atoms with Gasteiger partial charge in [0.25, 0.3) is 0 Å². The Kier molecular flexibility index (Phi) is 7.69. The molecule has 2 heterocycles. The van der Waals surface area contributed by atoms with Crippen LogP contribution in [0.4, 0.5) is 21.6 Å². The highest BCUT2D eigenvalue weighted by Crippen LogP contribution is 2.39. The maximum Gasteiger partial charge on any atom is 0.214 e. The molecule has 1 aliphatic heterocycles. The molecule has 0 atom stereocenters. The van der Waals surface area contributed by atoms with Gasteiger partial charge in [-0.3, -0.25) is 4.79 Å². The molecule has 0 spiro atoms. The second-order valence-corrected chi connectivity index (χ2v) is 9.37. The minimum absolute atomic E-state index is 0.00409. The van der Waals surface area contributed by atoms with Crippen LogP contribution in [0.5, 0.6) is 5.75 Å². The van der Waals surface area contributed by atoms with Crippen LogP contribution in [0.15, 0.2) is 36.7 Å². The van der Waals surface area contributed by atoms with Crippen LogP contribution in [0.1, 0.15) is 12.8 Å². The molecule has 0 radical (unpaired) electrons. The van der Waals surface area contributed by atoms with Gasteiger partial charge in [0.2, 0.25) is 6.41 Å². The van der Waals surface area contributed by atoms with Gasteiger partial charge in [-0.1, -0.05) is 17.7 Å². The van der Waals surface area contributed by atoms with Gasteiger partial charge in [-0.15, -0.1) is 0 Å². The molecule has 1 aromatic heterocycles. The highest BCUT2D eigenvalue weighted by Gasteiger charge is 2.36. The van der Waals surface area contributed by atoms with Gasteiger partial charge in [0.1, 0.15) is 17.9 Å². The van der Waals surface area contributed by atoms with E-state index >= 15 is 0 Å². The number of hydrogen-bond acceptors (Lipinski definition) is 7. The predicted octanol–water partition coefficient (Wildman–Crippen LogP) is 4.50. The summed E-state index contributed by atoms with van der Waals surface area (Å²) in [5, 5.41) is 3.62. The lowest BCUT2D eigenvalue weighted by Crippen LogP contribution is -2.47. The summed E-state index contributed by atoms with van der Waals surface area (Å²) in [6.07, 6.45) is 4.01. The SMILES string of the molecule is COCC1(CN(C=O)c2cc3c(Nc4cccc(Cl)c4F)ncnc3cc2OC)CCN(C)CC1. The van der Waals surface area contributed by atoms with Crippen LogP contribution >= 0.6 is 11.6 Å². The maximum atomic E-state index is 14.5. The van der Waals surface area contributed by atoms with Crippen LogP contribution in [0.2, 0.25) is 5.02 Å². The molecule has 0 aliphatic carbocycles. The smallest absolute Gasteiger partial charge is 0.214 e. The molecular weight excluding hydrogens is 473 g/mol. The van der Waals surface area contributed by atoms with Gasteiger partial charge in [-0.25, -0.2) is 14.4 Å². The van der Waals surface area contributed by atoms with E-state index < -0.39 is 5.82 Å². The molecule has 1 aliphatic rings. The largest absolute Gasteiger partial charge is 0.494 e. The molecule has 0 saturated carbocycles. The van der Waals surface area contributed by atoms with E-state index in [0.29, 0.717) is 41.3 Å². The normalized spacial score (nSPS) is 15.7. The molecule has 35 heavy (non-hydrogen) atoms. The molecule has 3 aromatic rings. The van der Waals surface area contributed by atoms with E-state index in [0.717, 1.165) is 32.3 Å². The van der Waals surface area contributed by atoms with E-state index in [2.05, 4.69) is 27.2 Å². The molecule has 0 unspecified atom stereocenters. The number of halogens is 2. The predicted molar refractivity (Wildman–Crippen MR) is 135 cm³/mol. The lowest BCUT2D eigenvalue weighted by atomic mass is 9.78. The van der Waals surface area contributed by atoms with Crippen LogP contribution in [-0.4, -0.2) is 68.8 Å². The van der Waals surface area contributed by atoms with E-state index in [1.807, 2.05) is 0 Å². The first kappa shape index (κ1) is 25.1. The topological polar surface area (TPSA) is 79.8 Å². The van der Waals surface area contributed by atoms with Crippen molar-refractivity contribution in [3.05, 3.63) is 47.5 Å². The Balaban J connectivity index is 1.74. The zero-order chi connectivity index (χ0) is 25.0. The number of benzene rings is 2. The lowest BCUT2D eigenvalue weighted by Gasteiger charge is -2.42. The average molecular weight is 502 g/mol. The number of nitrogens with one attached hydrogen (secondary N) is 1. The van der Waals surface area contributed by atoms with Gasteiger partial charge in [0.05, 0.1) is 35.6 Å². The fraction of sp³-hybridized carbons (Fsp3) is 0.400. The van der Waals surface area contributed by atoms with Crippen LogP contribution in [-0.2, 0) is 9.53 Å². The Morgan fingerprint density at radius 1 is 1.26 bits per heavy atom. The number of amides is 1. The monoisotopic (exact) mass is 501 g/mol. The second kappa shape index (κ2) is 10.7. The number of nitrogens with zero attached hydrogens (tertiary/aromatic N) is 4. The number of rotatable bonds is 9. The number of hydrogen-bond donors (Lipinski definition) is 1. The van der Waals surface area contributed by atoms with E-state index in [9.17, 15) is 9.18 Å². The molecule has 186 valence electrons. The summed E-state index contributed by atoms with van der Waals surface area (Å²) >= 11 is 5.94. The number of aromatic nitrogens is 2. The number of ether oxygens (including phenoxy) is 2. The van der Waals surface area contributed by atoms with Gasteiger partial charge in [0.15, 0.2) is 5.82 Å². The average Bonchev–Trinajstić information content (AvgIpc) is 2.87. The Morgan fingerprint density at radius 2 is 2.03 bits per heavy atom. The zero-order valence-electron chi connectivity index (χ0n) is 20.1. The molecule has 0 bridgehead atoms. The number of piperidine rings is 1. The minimum Gasteiger partial charge on any atom is -0.494 e. The Morgan fingerprint density at radius 3 is 2.71 bits per heavy atom. The molecule has 1 saturated heterocycles. The summed E-state index contributed by atoms with van der Waals surface area (Å²) in [4.78, 5) is 24.9. The summed E-state index contributed by atoms with van der Waals surface area (Å²) in [6.45, 7) is 2.88. The summed E-state index contributed by atoms with van der Waals surface area (Å²) in [5.41, 5.74) is 1.17. The third-order valence-electron chi connectivity index (χ3n) is 6.58. The summed E-state index contributed by atoms with van der Waals surface area (Å²) in [5.74, 6) is 0.313. The summed E-state index contributed by atoms with van der Waals surface area (Å²) in [6, 6.07) is 8.25. The molecule has 8 nitrogen and oxygen atoms in total. The van der Waals surface area contributed by atoms with Crippen LogP contribution < -0.4 is 15.0 Å². The highest BCUT2D eigenvalue weighted by atomic mass is 35.5. The molecular formula is C25H29ClFN5O3. The van der Waals surface area contributed by atoms with E-state index in [-0.39, 0.29) is 16.1 Å². The Bertz CT molecular complexity index is 1200. The third-order valence-corrected chi connectivity index (χ3v) is 6.87. The van der Waals surface area contributed by atoms with Crippen LogP contribution in [0.3, 0.4) is 0 Å². The van der Waals surface area contributed by atoms with Gasteiger partial charge in [-0.05, 0) is 51.2 Å². The van der Waals surface area contributed by atoms with Crippen LogP contribution in [0.25, 0.3) is 10.9 Å². The van der Waals surface area contributed by atoms with E-state index in [1.165, 1.54) is 12.4 Å². The Labute approximate surface area is 209 Å². The molecule has 2 aromatic carbocycles. The first-order valence-electron chi connectivity index (χ1n) is 11.3. The number of carbonyl (C=O) groups excluding carboxylic acids is 1. The first-order valence-corrected chi connectivity index (χ1v) is 11.7. The van der Waals surface area contributed by atoms with E-state index in [1.54, 1.807) is 43.4 Å². The van der Waals surface area contributed by atoms with Crippen molar-refractivity contribution in [2.45, 2.75) is 12.8 Å². The van der Waals surface area contributed by atoms with Crippen molar-refractivity contribution in [2.75, 3.05) is 57.7 Å². The third kappa shape index (κ3) is 5.32. The molecule has 10 heteroatoms. The van der Waals surface area contributed by atoms with Gasteiger partial charge < -0.3 is 24.6 Å². The number of fused-ring (bicyclic) bond motifs is 1. The highest BCUT2D eigenvalue weighted by molar-refractivity contribution is 6.31. The van der Waals surface area contributed by atoms with Crippen molar-refractivity contribution in [3.63, 3.8) is 0 Å². The van der Waals surface area contributed by atoms with Crippen molar-refractivity contribution in [1.82, 2.24) is 14.9 Å². The van der Waals surface area contributed by atoms with Crippen molar-refractivity contribution < 1.29 is 18.7 Å². The van der Waals surface area contributed by atoms with Gasteiger partial charge in [0, 0.05) is 30.5 Å². The van der Waals surface area contributed by atoms with E-state index in [4.69, 9.17) is 21.1 Å². The quantitative estimate of drug-likeness (QED) is 0.432. The van der Waals surface area contributed by atoms with Crippen molar-refractivity contribution in [1.29, 1.82) is 0 Å². The van der Waals surface area contributed by atoms with Gasteiger partial charge in [-0.2, -0.15) is 0 Å². The second-order valence-electron chi connectivity index (χ2n) is 8.96. The Hall–Kier alpha value is -3.01. The number of methoxy groups -OCH3 is 2. The number of carbonyl (C=O) groups is 1. The lowest BCUT2D eigenvalue weighted by molar-refractivity contribution is -0.108. The summed E-state index contributed by atoms with van der Waals surface area (Å²) < 4.78 is 25.7. The molecule has 4 rings (SSSR count).